The summed E-state index contributed by atoms with van der Waals surface area (Å²) in [7, 11) is 0. The van der Waals surface area contributed by atoms with Crippen LogP contribution in [0.25, 0.3) is 0 Å². The van der Waals surface area contributed by atoms with Gasteiger partial charge in [-0.3, -0.25) is 0 Å². The second-order valence-electron chi connectivity index (χ2n) is 8.88. The van der Waals surface area contributed by atoms with Gasteiger partial charge in [-0.15, -0.1) is 0 Å². The number of pyridine rings is 1. The fraction of sp³-hybridized carbons (Fsp3) is 0.684. The van der Waals surface area contributed by atoms with E-state index >= 15 is 0 Å². The Hall–Kier alpha value is -1.38. The Balaban J connectivity index is 1.67. The molecule has 1 saturated carbocycles. The van der Waals surface area contributed by atoms with Gasteiger partial charge in [0.1, 0.15) is 12.3 Å². The third kappa shape index (κ3) is 1.94. The summed E-state index contributed by atoms with van der Waals surface area (Å²) >= 11 is 0. The van der Waals surface area contributed by atoms with Crippen molar-refractivity contribution < 1.29 is 4.74 Å². The number of aromatic nitrogens is 1. The summed E-state index contributed by atoms with van der Waals surface area (Å²) in [6, 6.07) is 4.58. The van der Waals surface area contributed by atoms with E-state index in [0.29, 0.717) is 17.9 Å². The van der Waals surface area contributed by atoms with Crippen LogP contribution >= 0.6 is 0 Å². The zero-order valence-electron chi connectivity index (χ0n) is 14.3. The minimum Gasteiger partial charge on any atom is -0.474 e. The number of rotatable bonds is 1. The first-order valence-corrected chi connectivity index (χ1v) is 8.47. The minimum absolute atomic E-state index is 0.138. The normalized spacial score (nSPS) is 31.9. The Kier molecular flexibility index (Phi) is 2.80. The highest BCUT2D eigenvalue weighted by Gasteiger charge is 2.53. The number of hydrogen-bond donors (Lipinski definition) is 0. The van der Waals surface area contributed by atoms with Crippen LogP contribution in [-0.4, -0.2) is 23.5 Å². The molecule has 0 aromatic carbocycles. The van der Waals surface area contributed by atoms with Crippen molar-refractivity contribution in [2.45, 2.75) is 59.4 Å². The van der Waals surface area contributed by atoms with Gasteiger partial charge in [-0.1, -0.05) is 40.7 Å². The van der Waals surface area contributed by atoms with Gasteiger partial charge in [-0.05, 0) is 41.2 Å². The highest BCUT2D eigenvalue weighted by atomic mass is 16.5. The Morgan fingerprint density at radius 1 is 1.23 bits per heavy atom. The largest absolute Gasteiger partial charge is 0.474 e. The molecule has 3 aliphatic carbocycles. The summed E-state index contributed by atoms with van der Waals surface area (Å²) < 4.78 is 5.86. The van der Waals surface area contributed by atoms with Crippen LogP contribution in [0, 0.1) is 16.7 Å². The average Bonchev–Trinajstić information content (AvgIpc) is 2.95. The lowest BCUT2D eigenvalue weighted by Gasteiger charge is -2.56. The molecular weight excluding hydrogens is 272 g/mol. The number of hydrogen-bond acceptors (Lipinski definition) is 3. The molecule has 1 aromatic heterocycles. The molecule has 4 aliphatic rings. The van der Waals surface area contributed by atoms with Crippen LogP contribution in [0.4, 0.5) is 0 Å². The van der Waals surface area contributed by atoms with E-state index in [-0.39, 0.29) is 11.5 Å². The van der Waals surface area contributed by atoms with E-state index in [2.05, 4.69) is 46.8 Å². The predicted octanol–water partition coefficient (Wildman–Crippen LogP) is 3.96. The van der Waals surface area contributed by atoms with E-state index in [1.165, 1.54) is 24.1 Å². The van der Waals surface area contributed by atoms with Gasteiger partial charge in [0.05, 0.1) is 6.04 Å². The highest BCUT2D eigenvalue weighted by Crippen LogP contribution is 2.61. The predicted molar refractivity (Wildman–Crippen MR) is 88.3 cm³/mol. The molecule has 3 heteroatoms. The molecule has 2 bridgehead atoms. The topological polar surface area (TPSA) is 34.5 Å². The summed E-state index contributed by atoms with van der Waals surface area (Å²) in [4.78, 5) is 9.76. The van der Waals surface area contributed by atoms with Crippen LogP contribution in [0.3, 0.4) is 0 Å². The fourth-order valence-electron chi connectivity index (χ4n) is 4.15. The van der Waals surface area contributed by atoms with Gasteiger partial charge in [0.2, 0.25) is 5.90 Å². The number of aliphatic imine (C=N–C) groups is 1. The van der Waals surface area contributed by atoms with Crippen molar-refractivity contribution in [2.75, 3.05) is 6.61 Å². The Morgan fingerprint density at radius 2 is 2.00 bits per heavy atom. The first-order chi connectivity index (χ1) is 10.3. The van der Waals surface area contributed by atoms with Crippen LogP contribution in [0.5, 0.6) is 0 Å². The van der Waals surface area contributed by atoms with E-state index in [9.17, 15) is 0 Å². The monoisotopic (exact) mass is 298 g/mol. The molecule has 3 atom stereocenters. The maximum atomic E-state index is 5.86. The summed E-state index contributed by atoms with van der Waals surface area (Å²) in [5, 5.41) is 0. The second-order valence-corrected chi connectivity index (χ2v) is 8.88. The van der Waals surface area contributed by atoms with E-state index in [4.69, 9.17) is 14.7 Å². The minimum atomic E-state index is 0.138. The second kappa shape index (κ2) is 4.33. The summed E-state index contributed by atoms with van der Waals surface area (Å²) in [5.74, 6) is 2.19. The molecule has 1 aliphatic heterocycles. The fourth-order valence-corrected chi connectivity index (χ4v) is 4.15. The summed E-state index contributed by atoms with van der Waals surface area (Å²) in [5.41, 5.74) is 4.21. The van der Waals surface area contributed by atoms with Gasteiger partial charge in [0.15, 0.2) is 0 Å². The first-order valence-electron chi connectivity index (χ1n) is 8.47. The van der Waals surface area contributed by atoms with Gasteiger partial charge in [0.25, 0.3) is 0 Å². The summed E-state index contributed by atoms with van der Waals surface area (Å²) in [6.07, 6.45) is 2.48. The lowest BCUT2D eigenvalue weighted by atomic mass is 9.48. The van der Waals surface area contributed by atoms with Crippen LogP contribution in [0.15, 0.2) is 17.1 Å². The quantitative estimate of drug-likeness (QED) is 0.786. The third-order valence-corrected chi connectivity index (χ3v) is 6.15. The van der Waals surface area contributed by atoms with Crippen molar-refractivity contribution in [3.05, 3.63) is 29.1 Å². The van der Waals surface area contributed by atoms with Crippen LogP contribution in [0.2, 0.25) is 0 Å². The maximum absolute atomic E-state index is 5.86. The molecule has 0 radical (unpaired) electrons. The molecule has 1 fully saturated rings. The molecule has 0 N–H and O–H groups in total. The van der Waals surface area contributed by atoms with Gasteiger partial charge >= 0.3 is 0 Å². The van der Waals surface area contributed by atoms with E-state index in [1.807, 2.05) is 0 Å². The molecule has 3 nitrogen and oxygen atoms in total. The molecule has 118 valence electrons. The van der Waals surface area contributed by atoms with E-state index < -0.39 is 0 Å². The molecular formula is C19H26N2O. The van der Waals surface area contributed by atoms with Crippen LogP contribution in [-0.2, 0) is 11.2 Å². The zero-order chi connectivity index (χ0) is 15.7. The Bertz CT molecular complexity index is 654. The molecule has 0 unspecified atom stereocenters. The van der Waals surface area contributed by atoms with Crippen molar-refractivity contribution in [2.24, 2.45) is 21.7 Å². The molecule has 2 heterocycles. The smallest absolute Gasteiger partial charge is 0.235 e. The number of nitrogens with zero attached hydrogens (tertiary/aromatic N) is 2. The van der Waals surface area contributed by atoms with Crippen molar-refractivity contribution in [3.8, 4) is 0 Å². The SMILES string of the molecule is CC(C)(C)[C@H]1COC(c2ccc3c(n2)[C@@H]2C[C@H](C3)C2(C)C)=N1. The summed E-state index contributed by atoms with van der Waals surface area (Å²) in [6.45, 7) is 12.1. The van der Waals surface area contributed by atoms with Crippen LogP contribution in [0.1, 0.15) is 63.9 Å². The lowest BCUT2D eigenvalue weighted by molar-refractivity contribution is 0.0154. The standard InChI is InChI=1S/C19H26N2O/c1-18(2,3)15-10-22-17(21-15)14-7-6-11-8-12-9-13(16(11)20-14)19(12,4)5/h6-7,12-13,15H,8-10H2,1-5H3/t12-,13-,15+/m0/s1. The Labute approximate surface area is 133 Å². The van der Waals surface area contributed by atoms with Gasteiger partial charge in [0, 0.05) is 11.6 Å². The molecule has 0 amide bonds. The van der Waals surface area contributed by atoms with Crippen LogP contribution < -0.4 is 0 Å². The molecule has 22 heavy (non-hydrogen) atoms. The number of ether oxygens (including phenoxy) is 1. The molecule has 1 aromatic rings. The van der Waals surface area contributed by atoms with Gasteiger partial charge in [-0.25, -0.2) is 9.98 Å². The molecule has 0 saturated heterocycles. The molecule has 5 rings (SSSR count). The van der Waals surface area contributed by atoms with E-state index in [0.717, 1.165) is 17.5 Å². The van der Waals surface area contributed by atoms with E-state index in [1.54, 1.807) is 0 Å². The van der Waals surface area contributed by atoms with Gasteiger partial charge < -0.3 is 4.74 Å². The molecule has 0 spiro atoms. The highest BCUT2D eigenvalue weighted by molar-refractivity contribution is 5.93. The van der Waals surface area contributed by atoms with Crippen molar-refractivity contribution in [3.63, 3.8) is 0 Å². The first kappa shape index (κ1) is 14.2. The Morgan fingerprint density at radius 3 is 2.64 bits per heavy atom. The third-order valence-electron chi connectivity index (χ3n) is 6.15. The zero-order valence-corrected chi connectivity index (χ0v) is 14.3. The van der Waals surface area contributed by atoms with Crippen molar-refractivity contribution >= 4 is 5.90 Å². The van der Waals surface area contributed by atoms with Gasteiger partial charge in [-0.2, -0.15) is 0 Å². The van der Waals surface area contributed by atoms with Crippen molar-refractivity contribution in [1.29, 1.82) is 0 Å². The lowest BCUT2D eigenvalue weighted by Crippen LogP contribution is -2.48. The van der Waals surface area contributed by atoms with Crippen molar-refractivity contribution in [1.82, 2.24) is 4.98 Å². The average molecular weight is 298 g/mol. The maximum Gasteiger partial charge on any atom is 0.235 e.